The van der Waals surface area contributed by atoms with Gasteiger partial charge in [0.2, 0.25) is 0 Å². The summed E-state index contributed by atoms with van der Waals surface area (Å²) in [5.74, 6) is 0. The summed E-state index contributed by atoms with van der Waals surface area (Å²) in [6.07, 6.45) is 1.96. The van der Waals surface area contributed by atoms with Gasteiger partial charge in [-0.3, -0.25) is 0 Å². The average Bonchev–Trinajstić information content (AvgIpc) is 2.47. The van der Waals surface area contributed by atoms with E-state index in [-0.39, 0.29) is 0 Å². The first-order valence-electron chi connectivity index (χ1n) is 7.58. The normalized spacial score (nSPS) is 10.5. The van der Waals surface area contributed by atoms with E-state index >= 15 is 0 Å². The van der Waals surface area contributed by atoms with Gasteiger partial charge in [-0.2, -0.15) is 0 Å². The summed E-state index contributed by atoms with van der Waals surface area (Å²) in [5, 5.41) is 0.811. The Hall–Kier alpha value is -1.60. The topological polar surface area (TPSA) is 0 Å². The van der Waals surface area contributed by atoms with Gasteiger partial charge in [0.25, 0.3) is 0 Å². The standard InChI is InChI=1S/C20H22BCl/c1-13(5-6-16(4)21)17-7-9-19(14(2)11-17)18-8-10-20(22)15(3)12-18/h7-12,21H,1,5-6H2,2-4H3. The molecule has 2 heteroatoms. The van der Waals surface area contributed by atoms with E-state index < -0.39 is 0 Å². The fourth-order valence-corrected chi connectivity index (χ4v) is 2.65. The van der Waals surface area contributed by atoms with Crippen molar-refractivity contribution in [1.29, 1.82) is 0 Å². The predicted molar refractivity (Wildman–Crippen MR) is 102 cm³/mol. The molecule has 22 heavy (non-hydrogen) atoms. The third kappa shape index (κ3) is 3.98. The third-order valence-corrected chi connectivity index (χ3v) is 4.38. The molecule has 0 aliphatic rings. The van der Waals surface area contributed by atoms with E-state index in [4.69, 9.17) is 11.6 Å². The quantitative estimate of drug-likeness (QED) is 0.639. The van der Waals surface area contributed by atoms with E-state index in [9.17, 15) is 0 Å². The van der Waals surface area contributed by atoms with E-state index in [2.05, 4.69) is 58.2 Å². The van der Waals surface area contributed by atoms with Crippen molar-refractivity contribution in [3.05, 3.63) is 64.7 Å². The maximum atomic E-state index is 6.12. The van der Waals surface area contributed by atoms with Crippen molar-refractivity contribution < 1.29 is 0 Å². The van der Waals surface area contributed by atoms with Gasteiger partial charge in [0.05, 0.1) is 0 Å². The molecule has 2 aromatic rings. The summed E-state index contributed by atoms with van der Waals surface area (Å²) in [4.78, 5) is 0. The zero-order valence-corrected chi connectivity index (χ0v) is 14.4. The van der Waals surface area contributed by atoms with Crippen LogP contribution in [0, 0.1) is 13.8 Å². The molecule has 112 valence electrons. The molecule has 0 heterocycles. The van der Waals surface area contributed by atoms with Crippen molar-refractivity contribution in [2.24, 2.45) is 0 Å². The van der Waals surface area contributed by atoms with Gasteiger partial charge in [-0.05, 0) is 0 Å². The molecular formula is C20H22BCl. The molecule has 0 saturated heterocycles. The van der Waals surface area contributed by atoms with Crippen molar-refractivity contribution in [2.75, 3.05) is 0 Å². The van der Waals surface area contributed by atoms with Crippen molar-refractivity contribution in [3.63, 3.8) is 0 Å². The molecule has 0 unspecified atom stereocenters. The molecule has 0 aromatic heterocycles. The van der Waals surface area contributed by atoms with Crippen molar-refractivity contribution in [2.45, 2.75) is 33.6 Å². The molecule has 0 bridgehead atoms. The van der Waals surface area contributed by atoms with Crippen molar-refractivity contribution in [3.8, 4) is 11.1 Å². The van der Waals surface area contributed by atoms with Crippen LogP contribution in [0.25, 0.3) is 16.7 Å². The Labute approximate surface area is 139 Å². The molecule has 2 aromatic carbocycles. The zero-order valence-electron chi connectivity index (χ0n) is 13.7. The van der Waals surface area contributed by atoms with Gasteiger partial charge < -0.3 is 0 Å². The molecular weight excluding hydrogens is 286 g/mol. The Morgan fingerprint density at radius 3 is 2.36 bits per heavy atom. The number of hydrogen-bond acceptors (Lipinski definition) is 0. The van der Waals surface area contributed by atoms with Gasteiger partial charge in [-0.15, -0.1) is 0 Å². The van der Waals surface area contributed by atoms with Crippen LogP contribution in [0.5, 0.6) is 0 Å². The second-order valence-corrected chi connectivity index (χ2v) is 6.46. The van der Waals surface area contributed by atoms with Crippen LogP contribution in [0.1, 0.15) is 36.5 Å². The summed E-state index contributed by atoms with van der Waals surface area (Å²) in [7, 11) is 3.96. The Morgan fingerprint density at radius 1 is 1.05 bits per heavy atom. The average molecular weight is 309 g/mol. The Bertz CT molecular complexity index is 728. The summed E-state index contributed by atoms with van der Waals surface area (Å²) >= 11 is 6.12. The minimum atomic E-state index is 0.811. The van der Waals surface area contributed by atoms with Crippen LogP contribution >= 0.6 is 11.6 Å². The molecule has 0 radical (unpaired) electrons. The number of allylic oxidation sites excluding steroid dienone is 1. The molecule has 0 amide bonds. The van der Waals surface area contributed by atoms with E-state index in [1.807, 2.05) is 13.0 Å². The molecule has 0 N–H and O–H groups in total. The summed E-state index contributed by atoms with van der Waals surface area (Å²) < 4.78 is 0. The van der Waals surface area contributed by atoms with Crippen LogP contribution in [0.3, 0.4) is 0 Å². The SMILES string of the molecule is B=C(C)CCC(=C)c1ccc(-c2ccc(Cl)c(C)c2)c(C)c1. The van der Waals surface area contributed by atoms with Crippen molar-refractivity contribution in [1.82, 2.24) is 0 Å². The van der Waals surface area contributed by atoms with E-state index in [0.29, 0.717) is 0 Å². The number of hydrogen-bond donors (Lipinski definition) is 0. The van der Waals surface area contributed by atoms with Crippen LogP contribution in [0.4, 0.5) is 0 Å². The molecule has 0 fully saturated rings. The molecule has 0 nitrogen and oxygen atoms in total. The predicted octanol–water partition coefficient (Wildman–Crippen LogP) is 5.51. The Kier molecular flexibility index (Phi) is 5.42. The molecule has 2 rings (SSSR count). The Morgan fingerprint density at radius 2 is 1.77 bits per heavy atom. The van der Waals surface area contributed by atoms with E-state index in [1.165, 1.54) is 33.3 Å². The van der Waals surface area contributed by atoms with Gasteiger partial charge in [0, 0.05) is 0 Å². The number of benzene rings is 2. The van der Waals surface area contributed by atoms with Crippen LogP contribution in [-0.4, -0.2) is 13.0 Å². The molecule has 0 atom stereocenters. The second kappa shape index (κ2) is 7.11. The van der Waals surface area contributed by atoms with Crippen LogP contribution in [-0.2, 0) is 0 Å². The van der Waals surface area contributed by atoms with Crippen molar-refractivity contribution >= 4 is 30.1 Å². The maximum absolute atomic E-state index is 6.12. The summed E-state index contributed by atoms with van der Waals surface area (Å²) in [5.41, 5.74) is 8.41. The van der Waals surface area contributed by atoms with Gasteiger partial charge in [-0.1, -0.05) is 11.6 Å². The summed E-state index contributed by atoms with van der Waals surface area (Å²) in [6, 6.07) is 12.7. The zero-order chi connectivity index (χ0) is 16.3. The summed E-state index contributed by atoms with van der Waals surface area (Å²) in [6.45, 7) is 10.5. The first-order chi connectivity index (χ1) is 10.4. The minimum absolute atomic E-state index is 0.811. The number of rotatable bonds is 5. The monoisotopic (exact) mass is 308 g/mol. The fourth-order valence-electron chi connectivity index (χ4n) is 2.53. The molecule has 0 aliphatic heterocycles. The van der Waals surface area contributed by atoms with Gasteiger partial charge in [0.15, 0.2) is 0 Å². The first-order valence-corrected chi connectivity index (χ1v) is 7.96. The van der Waals surface area contributed by atoms with Gasteiger partial charge in [0.1, 0.15) is 0 Å². The first kappa shape index (κ1) is 16.8. The third-order valence-electron chi connectivity index (χ3n) is 3.96. The van der Waals surface area contributed by atoms with Crippen LogP contribution in [0.2, 0.25) is 5.02 Å². The molecule has 0 aliphatic carbocycles. The molecule has 0 saturated carbocycles. The second-order valence-electron chi connectivity index (χ2n) is 6.05. The van der Waals surface area contributed by atoms with E-state index in [1.54, 1.807) is 0 Å². The number of aryl methyl sites for hydroxylation is 2. The van der Waals surface area contributed by atoms with Crippen LogP contribution < -0.4 is 0 Å². The number of halogens is 1. The van der Waals surface area contributed by atoms with Gasteiger partial charge >= 0.3 is 128 Å². The van der Waals surface area contributed by atoms with E-state index in [0.717, 1.165) is 23.4 Å². The van der Waals surface area contributed by atoms with Crippen LogP contribution in [0.15, 0.2) is 43.0 Å². The molecule has 0 spiro atoms. The fraction of sp³-hybridized carbons (Fsp3) is 0.250. The Balaban J connectivity index is 2.27. The van der Waals surface area contributed by atoms with Gasteiger partial charge in [-0.25, -0.2) is 0 Å².